The minimum Gasteiger partial charge on any atom is -0.452 e. The van der Waals surface area contributed by atoms with Crippen LogP contribution in [0.25, 0.3) is 11.3 Å². The Balaban J connectivity index is 1.26. The molecule has 0 unspecified atom stereocenters. The summed E-state index contributed by atoms with van der Waals surface area (Å²) in [5, 5.41) is 11.7. The first-order chi connectivity index (χ1) is 22.8. The van der Waals surface area contributed by atoms with Crippen molar-refractivity contribution in [2.75, 3.05) is 13.1 Å². The number of likely N-dealkylation sites (tertiary alicyclic amines) is 1. The Morgan fingerprint density at radius 3 is 2.12 bits per heavy atom. The van der Waals surface area contributed by atoms with E-state index in [4.69, 9.17) is 21.1 Å². The minimum absolute atomic E-state index is 0.0307. The summed E-state index contributed by atoms with van der Waals surface area (Å²) in [7, 11) is 0. The molecule has 0 bridgehead atoms. The van der Waals surface area contributed by atoms with Gasteiger partial charge in [0.2, 0.25) is 0 Å². The second-order valence-corrected chi connectivity index (χ2v) is 13.9. The highest BCUT2D eigenvalue weighted by Gasteiger charge is 2.40. The molecule has 0 spiro atoms. The lowest BCUT2D eigenvalue weighted by Crippen LogP contribution is -2.47. The summed E-state index contributed by atoms with van der Waals surface area (Å²) in [6.45, 7) is 8.78. The first-order valence-electron chi connectivity index (χ1n) is 16.0. The fraction of sp³-hybridized carbons (Fsp3) is 0.351. The minimum atomic E-state index is -0.568. The fourth-order valence-electron chi connectivity index (χ4n) is 6.81. The van der Waals surface area contributed by atoms with E-state index in [0.717, 1.165) is 40.8 Å². The number of ether oxygens (including phenoxy) is 2. The van der Waals surface area contributed by atoms with Gasteiger partial charge in [-0.05, 0) is 81.3 Å². The van der Waals surface area contributed by atoms with Gasteiger partial charge in [0.05, 0.1) is 21.9 Å². The summed E-state index contributed by atoms with van der Waals surface area (Å²) in [6.07, 6.45) is 2.61. The molecule has 1 fully saturated rings. The fourth-order valence-corrected chi connectivity index (χ4v) is 6.94. The van der Waals surface area contributed by atoms with E-state index in [-0.39, 0.29) is 28.7 Å². The lowest BCUT2D eigenvalue weighted by Gasteiger charge is -2.43. The van der Waals surface area contributed by atoms with Gasteiger partial charge in [0, 0.05) is 46.8 Å². The number of hydrogen-bond donors (Lipinski definition) is 0. The molecular formula is C37H37ClN4O6. The van der Waals surface area contributed by atoms with Gasteiger partial charge in [0.1, 0.15) is 18.0 Å². The van der Waals surface area contributed by atoms with Crippen LogP contribution in [0.15, 0.2) is 79.1 Å². The first kappa shape index (κ1) is 33.1. The molecule has 0 N–H and O–H groups in total. The molecule has 1 aromatic heterocycles. The van der Waals surface area contributed by atoms with Gasteiger partial charge < -0.3 is 14.4 Å². The number of hydrogen-bond acceptors (Lipinski definition) is 8. The van der Waals surface area contributed by atoms with Crippen molar-refractivity contribution in [2.24, 2.45) is 0 Å². The monoisotopic (exact) mass is 668 g/mol. The van der Waals surface area contributed by atoms with Crippen LogP contribution in [-0.2, 0) is 14.9 Å². The van der Waals surface area contributed by atoms with Gasteiger partial charge in [-0.1, -0.05) is 54.9 Å². The zero-order valence-corrected chi connectivity index (χ0v) is 28.1. The molecule has 4 aromatic rings. The summed E-state index contributed by atoms with van der Waals surface area (Å²) in [5.74, 6) is -0.534. The van der Waals surface area contributed by atoms with Crippen molar-refractivity contribution in [3.8, 4) is 11.3 Å². The number of rotatable bonds is 6. The Hall–Kier alpha value is -4.83. The highest BCUT2D eigenvalue weighted by Crippen LogP contribution is 2.46. The van der Waals surface area contributed by atoms with Crippen LogP contribution < -0.4 is 0 Å². The summed E-state index contributed by atoms with van der Waals surface area (Å²) >= 11 is 6.27. The largest absolute Gasteiger partial charge is 0.452 e. The Kier molecular flexibility index (Phi) is 8.96. The average molecular weight is 669 g/mol. The van der Waals surface area contributed by atoms with Crippen LogP contribution in [0.4, 0.5) is 10.5 Å². The molecule has 1 saturated heterocycles. The number of nitro benzene ring substituents is 1. The number of halogens is 1. The second kappa shape index (κ2) is 13.0. The number of benzene rings is 3. The molecule has 2 atom stereocenters. The quantitative estimate of drug-likeness (QED) is 0.114. The van der Waals surface area contributed by atoms with E-state index in [1.165, 1.54) is 30.6 Å². The highest BCUT2D eigenvalue weighted by atomic mass is 35.5. The molecular weight excluding hydrogens is 632 g/mol. The van der Waals surface area contributed by atoms with Gasteiger partial charge in [-0.15, -0.1) is 0 Å². The van der Waals surface area contributed by atoms with Gasteiger partial charge in [-0.25, -0.2) is 19.6 Å². The van der Waals surface area contributed by atoms with Crippen molar-refractivity contribution in [3.63, 3.8) is 0 Å². The maximum absolute atomic E-state index is 13.0. The third kappa shape index (κ3) is 6.62. The van der Waals surface area contributed by atoms with Gasteiger partial charge in [0.15, 0.2) is 0 Å². The van der Waals surface area contributed by atoms with E-state index in [1.54, 1.807) is 4.90 Å². The van der Waals surface area contributed by atoms with Crippen LogP contribution in [0.2, 0.25) is 5.02 Å². The lowest BCUT2D eigenvalue weighted by molar-refractivity contribution is -0.384. The van der Waals surface area contributed by atoms with E-state index in [2.05, 4.69) is 53.3 Å². The highest BCUT2D eigenvalue weighted by molar-refractivity contribution is 6.30. The Morgan fingerprint density at radius 2 is 1.54 bits per heavy atom. The second-order valence-electron chi connectivity index (χ2n) is 13.5. The Morgan fingerprint density at radius 1 is 0.938 bits per heavy atom. The maximum atomic E-state index is 13.0. The number of piperidine rings is 1. The first-order valence-corrected chi connectivity index (χ1v) is 16.4. The number of carbonyl (C=O) groups is 2. The zero-order chi connectivity index (χ0) is 34.2. The van der Waals surface area contributed by atoms with Gasteiger partial charge >= 0.3 is 12.1 Å². The molecule has 10 nitrogen and oxygen atoms in total. The van der Waals surface area contributed by atoms with Crippen molar-refractivity contribution >= 4 is 29.4 Å². The number of aromatic nitrogens is 2. The van der Waals surface area contributed by atoms with Crippen LogP contribution in [0.3, 0.4) is 0 Å². The number of non-ortho nitro benzene ring substituents is 1. The summed E-state index contributed by atoms with van der Waals surface area (Å²) < 4.78 is 11.5. The zero-order valence-electron chi connectivity index (χ0n) is 27.3. The molecule has 11 heteroatoms. The van der Waals surface area contributed by atoms with Crippen LogP contribution in [0, 0.1) is 10.1 Å². The van der Waals surface area contributed by atoms with Gasteiger partial charge in [0.25, 0.3) is 5.69 Å². The van der Waals surface area contributed by atoms with E-state index >= 15 is 0 Å². The van der Waals surface area contributed by atoms with Crippen molar-refractivity contribution in [1.82, 2.24) is 14.9 Å². The predicted molar refractivity (Wildman–Crippen MR) is 181 cm³/mol. The van der Waals surface area contributed by atoms with Crippen molar-refractivity contribution in [1.29, 1.82) is 0 Å². The van der Waals surface area contributed by atoms with Crippen molar-refractivity contribution < 1.29 is 24.0 Å². The number of nitrogens with zero attached hydrogens (tertiary/aromatic N) is 4. The Bertz CT molecular complexity index is 1830. The topological polar surface area (TPSA) is 125 Å². The standard InChI is InChI=1S/C37H37ClN4O6/c1-23-21-30(47-34(43)25-7-15-29(16-8-25)42(45)46)33-31(23)32(39-22-40-33)24-5-9-26(10-6-24)37(27-11-13-28(38)14-12-27)17-19-41(20-18-37)35(44)48-36(2,3)4/h5-16,22-23,30H,17-21H2,1-4H3/t23-,30-/m1/s1. The number of amides is 1. The lowest BCUT2D eigenvalue weighted by atomic mass is 9.68. The van der Waals surface area contributed by atoms with Crippen LogP contribution in [0.1, 0.15) is 91.7 Å². The number of fused-ring (bicyclic) bond motifs is 1. The molecule has 1 aliphatic carbocycles. The van der Waals surface area contributed by atoms with Crippen molar-refractivity contribution in [3.05, 3.63) is 122 Å². The normalized spacial score (nSPS) is 18.6. The van der Waals surface area contributed by atoms with Crippen molar-refractivity contribution in [2.45, 2.75) is 70.0 Å². The summed E-state index contributed by atoms with van der Waals surface area (Å²) in [5.41, 5.74) is 4.81. The van der Waals surface area contributed by atoms with Gasteiger partial charge in [-0.2, -0.15) is 0 Å². The predicted octanol–water partition coefficient (Wildman–Crippen LogP) is 8.43. The van der Waals surface area contributed by atoms with E-state index in [9.17, 15) is 19.7 Å². The van der Waals surface area contributed by atoms with E-state index < -0.39 is 22.6 Å². The van der Waals surface area contributed by atoms with E-state index in [1.807, 2.05) is 32.9 Å². The third-order valence-electron chi connectivity index (χ3n) is 9.22. The molecule has 6 rings (SSSR count). The number of carbonyl (C=O) groups excluding carboxylic acids is 2. The molecule has 0 saturated carbocycles. The Labute approximate surface area is 284 Å². The molecule has 1 aliphatic heterocycles. The number of esters is 1. The smallest absolute Gasteiger partial charge is 0.410 e. The molecule has 3 aromatic carbocycles. The molecule has 2 aliphatic rings. The molecule has 1 amide bonds. The summed E-state index contributed by atoms with van der Waals surface area (Å²) in [4.78, 5) is 47.3. The SMILES string of the molecule is C[C@@H]1C[C@@H](OC(=O)c2ccc([N+](=O)[O-])cc2)c2ncnc(-c3ccc(C4(c5ccc(Cl)cc5)CCN(C(=O)OC(C)(C)C)CC4)cc3)c21. The molecule has 0 radical (unpaired) electrons. The van der Waals surface area contributed by atoms with Crippen LogP contribution in [-0.4, -0.2) is 50.5 Å². The third-order valence-corrected chi connectivity index (χ3v) is 9.47. The van der Waals surface area contributed by atoms with E-state index in [0.29, 0.717) is 30.2 Å². The molecule has 248 valence electrons. The van der Waals surface area contributed by atoms with Crippen LogP contribution >= 0.6 is 11.6 Å². The number of nitro groups is 1. The summed E-state index contributed by atoms with van der Waals surface area (Å²) in [6, 6.07) is 21.7. The average Bonchev–Trinajstić information content (AvgIpc) is 3.39. The van der Waals surface area contributed by atoms with Gasteiger partial charge in [-0.3, -0.25) is 10.1 Å². The maximum Gasteiger partial charge on any atom is 0.410 e. The molecule has 48 heavy (non-hydrogen) atoms. The molecule has 2 heterocycles. The van der Waals surface area contributed by atoms with Crippen LogP contribution in [0.5, 0.6) is 0 Å².